The van der Waals surface area contributed by atoms with Gasteiger partial charge in [0, 0.05) is 6.61 Å². The Morgan fingerprint density at radius 1 is 1.16 bits per heavy atom. The van der Waals surface area contributed by atoms with Gasteiger partial charge in [0.05, 0.1) is 19.1 Å². The van der Waals surface area contributed by atoms with Gasteiger partial charge in [-0.25, -0.2) is 0 Å². The standard InChI is InChI=1S/C16H24O3/c1-16(2,15(17)18-3)11-7-8-12-19-13-14-9-5-4-6-10-14/h4-6,9-10H,7-8,11-13H2,1-3H3. The van der Waals surface area contributed by atoms with E-state index in [0.29, 0.717) is 6.61 Å². The van der Waals surface area contributed by atoms with Gasteiger partial charge >= 0.3 is 5.97 Å². The van der Waals surface area contributed by atoms with E-state index in [4.69, 9.17) is 9.47 Å². The van der Waals surface area contributed by atoms with Crippen LogP contribution in [0.15, 0.2) is 30.3 Å². The molecule has 0 amide bonds. The first-order valence-electron chi connectivity index (χ1n) is 6.76. The molecule has 0 aliphatic carbocycles. The zero-order chi connectivity index (χ0) is 14.1. The topological polar surface area (TPSA) is 35.5 Å². The molecule has 19 heavy (non-hydrogen) atoms. The number of carbonyl (C=O) groups is 1. The fourth-order valence-electron chi connectivity index (χ4n) is 1.91. The molecule has 0 radical (unpaired) electrons. The van der Waals surface area contributed by atoms with Gasteiger partial charge in [0.25, 0.3) is 0 Å². The highest BCUT2D eigenvalue weighted by Crippen LogP contribution is 2.24. The zero-order valence-corrected chi connectivity index (χ0v) is 12.1. The third-order valence-electron chi connectivity index (χ3n) is 3.19. The largest absolute Gasteiger partial charge is 0.469 e. The highest BCUT2D eigenvalue weighted by molar-refractivity contribution is 5.75. The Morgan fingerprint density at radius 2 is 1.84 bits per heavy atom. The Balaban J connectivity index is 2.10. The number of carbonyl (C=O) groups excluding carboxylic acids is 1. The molecular formula is C16H24O3. The fourth-order valence-corrected chi connectivity index (χ4v) is 1.91. The van der Waals surface area contributed by atoms with Crippen LogP contribution in [0.4, 0.5) is 0 Å². The van der Waals surface area contributed by atoms with Crippen LogP contribution < -0.4 is 0 Å². The number of benzene rings is 1. The van der Waals surface area contributed by atoms with Crippen LogP contribution in [0, 0.1) is 5.41 Å². The minimum absolute atomic E-state index is 0.141. The first-order chi connectivity index (χ1) is 9.06. The number of hydrogen-bond donors (Lipinski definition) is 0. The Kier molecular flexibility index (Phi) is 6.57. The Hall–Kier alpha value is -1.35. The molecule has 1 aromatic carbocycles. The molecule has 0 aliphatic heterocycles. The molecule has 0 heterocycles. The second-order valence-corrected chi connectivity index (χ2v) is 5.37. The molecule has 0 atom stereocenters. The van der Waals surface area contributed by atoms with Crippen molar-refractivity contribution in [1.82, 2.24) is 0 Å². The SMILES string of the molecule is COC(=O)C(C)(C)CCCCOCc1ccccc1. The normalized spacial score (nSPS) is 11.3. The lowest BCUT2D eigenvalue weighted by Gasteiger charge is -2.20. The fraction of sp³-hybridized carbons (Fsp3) is 0.562. The van der Waals surface area contributed by atoms with Gasteiger partial charge in [-0.2, -0.15) is 0 Å². The average Bonchev–Trinajstić information content (AvgIpc) is 2.42. The minimum atomic E-state index is -0.395. The number of esters is 1. The molecule has 0 N–H and O–H groups in total. The van der Waals surface area contributed by atoms with E-state index in [1.165, 1.54) is 12.7 Å². The van der Waals surface area contributed by atoms with Crippen LogP contribution in [-0.2, 0) is 20.9 Å². The molecule has 0 aliphatic rings. The first kappa shape index (κ1) is 15.7. The van der Waals surface area contributed by atoms with Crippen molar-refractivity contribution < 1.29 is 14.3 Å². The summed E-state index contributed by atoms with van der Waals surface area (Å²) in [5, 5.41) is 0. The van der Waals surface area contributed by atoms with E-state index in [1.807, 2.05) is 32.0 Å². The van der Waals surface area contributed by atoms with Crippen LogP contribution in [0.3, 0.4) is 0 Å². The molecule has 0 saturated carbocycles. The highest BCUT2D eigenvalue weighted by atomic mass is 16.5. The van der Waals surface area contributed by atoms with Gasteiger partial charge in [-0.3, -0.25) is 4.79 Å². The van der Waals surface area contributed by atoms with Crippen molar-refractivity contribution in [2.45, 2.75) is 39.7 Å². The lowest BCUT2D eigenvalue weighted by atomic mass is 9.87. The summed E-state index contributed by atoms with van der Waals surface area (Å²) in [5.74, 6) is -0.141. The van der Waals surface area contributed by atoms with Crippen LogP contribution in [0.1, 0.15) is 38.7 Å². The zero-order valence-electron chi connectivity index (χ0n) is 12.1. The van der Waals surface area contributed by atoms with Crippen LogP contribution >= 0.6 is 0 Å². The summed E-state index contributed by atoms with van der Waals surface area (Å²) in [4.78, 5) is 11.5. The maximum atomic E-state index is 11.5. The van der Waals surface area contributed by atoms with Crippen molar-refractivity contribution in [3.63, 3.8) is 0 Å². The predicted octanol–water partition coefficient (Wildman–Crippen LogP) is 3.57. The molecule has 1 rings (SSSR count). The van der Waals surface area contributed by atoms with Gasteiger partial charge in [0.15, 0.2) is 0 Å². The summed E-state index contributed by atoms with van der Waals surface area (Å²) in [6.45, 7) is 5.22. The molecule has 3 heteroatoms. The molecule has 0 aromatic heterocycles. The Morgan fingerprint density at radius 3 is 2.47 bits per heavy atom. The molecule has 0 unspecified atom stereocenters. The van der Waals surface area contributed by atoms with Crippen molar-refractivity contribution in [2.24, 2.45) is 5.41 Å². The van der Waals surface area contributed by atoms with Crippen molar-refractivity contribution in [3.8, 4) is 0 Å². The van der Waals surface area contributed by atoms with Crippen LogP contribution in [-0.4, -0.2) is 19.7 Å². The first-order valence-corrected chi connectivity index (χ1v) is 6.76. The summed E-state index contributed by atoms with van der Waals surface area (Å²) >= 11 is 0. The quantitative estimate of drug-likeness (QED) is 0.532. The van der Waals surface area contributed by atoms with Crippen LogP contribution in [0.2, 0.25) is 0 Å². The van der Waals surface area contributed by atoms with Gasteiger partial charge in [0.2, 0.25) is 0 Å². The lowest BCUT2D eigenvalue weighted by Crippen LogP contribution is -2.25. The summed E-state index contributed by atoms with van der Waals surface area (Å²) in [5.41, 5.74) is 0.797. The van der Waals surface area contributed by atoms with E-state index in [-0.39, 0.29) is 5.97 Å². The predicted molar refractivity (Wildman–Crippen MR) is 75.7 cm³/mol. The van der Waals surface area contributed by atoms with Crippen LogP contribution in [0.25, 0.3) is 0 Å². The third-order valence-corrected chi connectivity index (χ3v) is 3.19. The Labute approximate surface area is 115 Å². The maximum Gasteiger partial charge on any atom is 0.311 e. The summed E-state index contributed by atoms with van der Waals surface area (Å²) < 4.78 is 10.4. The van der Waals surface area contributed by atoms with E-state index in [1.54, 1.807) is 0 Å². The number of hydrogen-bond acceptors (Lipinski definition) is 3. The van der Waals surface area contributed by atoms with Crippen molar-refractivity contribution >= 4 is 5.97 Å². The molecule has 106 valence electrons. The van der Waals surface area contributed by atoms with E-state index in [9.17, 15) is 4.79 Å². The smallest absolute Gasteiger partial charge is 0.311 e. The second kappa shape index (κ2) is 7.95. The van der Waals surface area contributed by atoms with Gasteiger partial charge < -0.3 is 9.47 Å². The third kappa shape index (κ3) is 5.88. The van der Waals surface area contributed by atoms with Gasteiger partial charge in [-0.15, -0.1) is 0 Å². The molecule has 3 nitrogen and oxygen atoms in total. The number of rotatable bonds is 8. The molecule has 0 saturated heterocycles. The maximum absolute atomic E-state index is 11.5. The summed E-state index contributed by atoms with van der Waals surface area (Å²) in [6, 6.07) is 10.1. The van der Waals surface area contributed by atoms with Crippen molar-refractivity contribution in [2.75, 3.05) is 13.7 Å². The molecule has 1 aromatic rings. The monoisotopic (exact) mass is 264 g/mol. The highest BCUT2D eigenvalue weighted by Gasteiger charge is 2.27. The molecule has 0 spiro atoms. The van der Waals surface area contributed by atoms with E-state index in [0.717, 1.165) is 25.9 Å². The molecular weight excluding hydrogens is 240 g/mol. The lowest BCUT2D eigenvalue weighted by molar-refractivity contribution is -0.151. The van der Waals surface area contributed by atoms with E-state index < -0.39 is 5.41 Å². The number of ether oxygens (including phenoxy) is 2. The Bertz CT molecular complexity index is 371. The number of unbranched alkanes of at least 4 members (excludes halogenated alkanes) is 1. The molecule has 0 fully saturated rings. The second-order valence-electron chi connectivity index (χ2n) is 5.37. The van der Waals surface area contributed by atoms with E-state index in [2.05, 4.69) is 12.1 Å². The van der Waals surface area contributed by atoms with Crippen molar-refractivity contribution in [1.29, 1.82) is 0 Å². The molecule has 0 bridgehead atoms. The van der Waals surface area contributed by atoms with Crippen LogP contribution in [0.5, 0.6) is 0 Å². The summed E-state index contributed by atoms with van der Waals surface area (Å²) in [7, 11) is 1.44. The average molecular weight is 264 g/mol. The van der Waals surface area contributed by atoms with Crippen molar-refractivity contribution in [3.05, 3.63) is 35.9 Å². The van der Waals surface area contributed by atoms with Gasteiger partial charge in [-0.05, 0) is 32.3 Å². The van der Waals surface area contributed by atoms with E-state index >= 15 is 0 Å². The number of methoxy groups -OCH3 is 1. The minimum Gasteiger partial charge on any atom is -0.469 e. The van der Waals surface area contributed by atoms with Gasteiger partial charge in [-0.1, -0.05) is 36.8 Å². The summed E-state index contributed by atoms with van der Waals surface area (Å²) in [6.07, 6.45) is 2.76. The van der Waals surface area contributed by atoms with Gasteiger partial charge in [0.1, 0.15) is 0 Å².